The molecule has 0 spiro atoms. The Hall–Kier alpha value is -2.15. The summed E-state index contributed by atoms with van der Waals surface area (Å²) in [4.78, 5) is 17.5. The van der Waals surface area contributed by atoms with Crippen LogP contribution in [-0.4, -0.2) is 42.0 Å². The van der Waals surface area contributed by atoms with Gasteiger partial charge in [0.25, 0.3) is 5.69 Å². The lowest BCUT2D eigenvalue weighted by molar-refractivity contribution is -0.384. The van der Waals surface area contributed by atoms with Gasteiger partial charge in [0.05, 0.1) is 21.6 Å². The smallest absolute Gasteiger partial charge is 0.270 e. The van der Waals surface area contributed by atoms with E-state index in [1.807, 2.05) is 38.4 Å². The summed E-state index contributed by atoms with van der Waals surface area (Å²) in [5.41, 5.74) is 2.64. The fraction of sp³-hybridized carbons (Fsp3) is 0.278. The lowest BCUT2D eigenvalue weighted by Crippen LogP contribution is -2.16. The molecule has 8 heteroatoms. The monoisotopic (exact) mass is 396 g/mol. The molecule has 0 radical (unpaired) electrons. The van der Waals surface area contributed by atoms with Crippen molar-refractivity contribution in [3.63, 3.8) is 0 Å². The molecule has 0 saturated heterocycles. The van der Waals surface area contributed by atoms with Gasteiger partial charge in [-0.15, -0.1) is 24.8 Å². The fourth-order valence-electron chi connectivity index (χ4n) is 2.79. The number of halogens is 2. The number of nitro benzene ring substituents is 1. The topological polar surface area (TPSA) is 71.3 Å². The molecule has 0 aliphatic heterocycles. The number of hydrogen-bond acceptors (Lipinski definition) is 5. The largest absolute Gasteiger partial charge is 0.384 e. The zero-order valence-corrected chi connectivity index (χ0v) is 16.3. The second kappa shape index (κ2) is 9.52. The highest BCUT2D eigenvalue weighted by Crippen LogP contribution is 2.32. The van der Waals surface area contributed by atoms with Crippen molar-refractivity contribution in [2.24, 2.45) is 0 Å². The molecule has 26 heavy (non-hydrogen) atoms. The van der Waals surface area contributed by atoms with E-state index in [1.165, 1.54) is 6.07 Å². The van der Waals surface area contributed by atoms with Crippen molar-refractivity contribution in [2.75, 3.05) is 32.5 Å². The summed E-state index contributed by atoms with van der Waals surface area (Å²) in [7, 11) is 4.08. The van der Waals surface area contributed by atoms with Gasteiger partial charge in [-0.05, 0) is 39.2 Å². The number of fused-ring (bicyclic) bond motifs is 2. The molecule has 0 fully saturated rings. The average Bonchev–Trinajstić information content (AvgIpc) is 2.57. The Morgan fingerprint density at radius 2 is 1.77 bits per heavy atom. The van der Waals surface area contributed by atoms with Gasteiger partial charge in [0.1, 0.15) is 0 Å². The Morgan fingerprint density at radius 3 is 2.46 bits per heavy atom. The SMILES string of the molecule is CN(C)CCCNc1c2ccccc2nc2ccc([N+](=O)[O-])cc12.Cl.Cl. The lowest BCUT2D eigenvalue weighted by Gasteiger charge is -2.14. The predicted molar refractivity (Wildman–Crippen MR) is 112 cm³/mol. The van der Waals surface area contributed by atoms with E-state index in [4.69, 9.17) is 0 Å². The van der Waals surface area contributed by atoms with E-state index < -0.39 is 0 Å². The van der Waals surface area contributed by atoms with Crippen LogP contribution in [0.2, 0.25) is 0 Å². The third kappa shape index (κ3) is 4.72. The molecule has 0 bridgehead atoms. The van der Waals surface area contributed by atoms with E-state index >= 15 is 0 Å². The van der Waals surface area contributed by atoms with E-state index in [2.05, 4.69) is 15.2 Å². The molecule has 2 aromatic carbocycles. The van der Waals surface area contributed by atoms with E-state index in [9.17, 15) is 10.1 Å². The number of nitrogens with one attached hydrogen (secondary N) is 1. The molecule has 140 valence electrons. The third-order valence-corrected chi connectivity index (χ3v) is 3.96. The van der Waals surface area contributed by atoms with Gasteiger partial charge in [-0.1, -0.05) is 18.2 Å². The van der Waals surface area contributed by atoms with Gasteiger partial charge in [0.15, 0.2) is 0 Å². The Morgan fingerprint density at radius 1 is 1.08 bits per heavy atom. The zero-order chi connectivity index (χ0) is 17.1. The second-order valence-corrected chi connectivity index (χ2v) is 6.05. The number of non-ortho nitro benzene ring substituents is 1. The van der Waals surface area contributed by atoms with E-state index in [0.29, 0.717) is 0 Å². The molecule has 0 aliphatic rings. The standard InChI is InChI=1S/C18H20N4O2.2ClH/c1-21(2)11-5-10-19-18-14-6-3-4-7-16(14)20-17-9-8-13(22(23)24)12-15(17)18;;/h3-4,6-9,12H,5,10-11H2,1-2H3,(H,19,20);2*1H. The van der Waals surface area contributed by atoms with Gasteiger partial charge < -0.3 is 10.2 Å². The molecule has 0 aliphatic carbocycles. The Labute approximate surface area is 164 Å². The van der Waals surface area contributed by atoms with Crippen LogP contribution < -0.4 is 5.32 Å². The highest BCUT2D eigenvalue weighted by molar-refractivity contribution is 6.07. The van der Waals surface area contributed by atoms with Gasteiger partial charge in [-0.2, -0.15) is 0 Å². The van der Waals surface area contributed by atoms with Gasteiger partial charge in [-0.3, -0.25) is 10.1 Å². The number of nitrogens with zero attached hydrogens (tertiary/aromatic N) is 3. The minimum atomic E-state index is -0.371. The molecule has 0 atom stereocenters. The highest BCUT2D eigenvalue weighted by atomic mass is 35.5. The Bertz CT molecular complexity index is 903. The van der Waals surface area contributed by atoms with Crippen LogP contribution in [-0.2, 0) is 0 Å². The number of aromatic nitrogens is 1. The minimum Gasteiger partial charge on any atom is -0.384 e. The second-order valence-electron chi connectivity index (χ2n) is 6.05. The Balaban J connectivity index is 0.00000169. The molecule has 0 saturated carbocycles. The van der Waals surface area contributed by atoms with Gasteiger partial charge >= 0.3 is 0 Å². The summed E-state index contributed by atoms with van der Waals surface area (Å²) in [5.74, 6) is 0. The first-order valence-corrected chi connectivity index (χ1v) is 7.92. The van der Waals surface area contributed by atoms with Gasteiger partial charge in [0, 0.05) is 29.4 Å². The predicted octanol–water partition coefficient (Wildman–Crippen LogP) is 4.50. The molecule has 3 rings (SSSR count). The average molecular weight is 397 g/mol. The molecule has 1 heterocycles. The van der Waals surface area contributed by atoms with Crippen LogP contribution in [0, 0.1) is 10.1 Å². The molecular formula is C18H22Cl2N4O2. The summed E-state index contributed by atoms with van der Waals surface area (Å²) in [5, 5.41) is 16.3. The number of hydrogen-bond donors (Lipinski definition) is 1. The van der Waals surface area contributed by atoms with Crippen LogP contribution in [0.5, 0.6) is 0 Å². The van der Waals surface area contributed by atoms with Crippen molar-refractivity contribution in [3.8, 4) is 0 Å². The third-order valence-electron chi connectivity index (χ3n) is 3.96. The summed E-state index contributed by atoms with van der Waals surface area (Å²) in [6.45, 7) is 1.78. The van der Waals surface area contributed by atoms with Crippen molar-refractivity contribution in [3.05, 3.63) is 52.6 Å². The van der Waals surface area contributed by atoms with Crippen molar-refractivity contribution in [2.45, 2.75) is 6.42 Å². The summed E-state index contributed by atoms with van der Waals surface area (Å²) in [6.07, 6.45) is 0.986. The number of rotatable bonds is 6. The molecule has 6 nitrogen and oxygen atoms in total. The Kier molecular flexibility index (Phi) is 8.02. The van der Waals surface area contributed by atoms with E-state index in [-0.39, 0.29) is 35.4 Å². The lowest BCUT2D eigenvalue weighted by atomic mass is 10.1. The maximum absolute atomic E-state index is 11.1. The number of anilines is 1. The van der Waals surface area contributed by atoms with E-state index in [0.717, 1.165) is 47.0 Å². The van der Waals surface area contributed by atoms with Crippen LogP contribution in [0.15, 0.2) is 42.5 Å². The van der Waals surface area contributed by atoms with Crippen molar-refractivity contribution < 1.29 is 4.92 Å². The first kappa shape index (κ1) is 21.9. The van der Waals surface area contributed by atoms with Crippen LogP contribution >= 0.6 is 24.8 Å². The number of pyridine rings is 1. The number of nitro groups is 1. The van der Waals surface area contributed by atoms with E-state index in [1.54, 1.807) is 12.1 Å². The van der Waals surface area contributed by atoms with Gasteiger partial charge in [-0.25, -0.2) is 4.98 Å². The number of benzene rings is 2. The molecular weight excluding hydrogens is 375 g/mol. The summed E-state index contributed by atoms with van der Waals surface area (Å²) < 4.78 is 0. The molecule has 0 amide bonds. The first-order chi connectivity index (χ1) is 11.6. The summed E-state index contributed by atoms with van der Waals surface area (Å²) >= 11 is 0. The first-order valence-electron chi connectivity index (χ1n) is 7.92. The van der Waals surface area contributed by atoms with Crippen LogP contribution in [0.4, 0.5) is 11.4 Å². The van der Waals surface area contributed by atoms with Crippen LogP contribution in [0.3, 0.4) is 0 Å². The van der Waals surface area contributed by atoms with Crippen LogP contribution in [0.1, 0.15) is 6.42 Å². The highest BCUT2D eigenvalue weighted by Gasteiger charge is 2.13. The zero-order valence-electron chi connectivity index (χ0n) is 14.6. The quantitative estimate of drug-likeness (QED) is 0.287. The van der Waals surface area contributed by atoms with Crippen LogP contribution in [0.25, 0.3) is 21.8 Å². The molecule has 1 N–H and O–H groups in total. The normalized spacial score (nSPS) is 10.4. The maximum Gasteiger partial charge on any atom is 0.270 e. The van der Waals surface area contributed by atoms with Crippen molar-refractivity contribution in [1.82, 2.24) is 9.88 Å². The van der Waals surface area contributed by atoms with Gasteiger partial charge in [0.2, 0.25) is 0 Å². The van der Waals surface area contributed by atoms with Crippen molar-refractivity contribution >= 4 is 58.0 Å². The van der Waals surface area contributed by atoms with Crippen molar-refractivity contribution in [1.29, 1.82) is 0 Å². The molecule has 0 unspecified atom stereocenters. The summed E-state index contributed by atoms with van der Waals surface area (Å²) in [6, 6.07) is 12.7. The minimum absolute atomic E-state index is 0. The number of para-hydroxylation sites is 1. The molecule has 1 aromatic heterocycles. The fourth-order valence-corrected chi connectivity index (χ4v) is 2.79. The maximum atomic E-state index is 11.1. The molecule has 3 aromatic rings.